The molecule has 1 aromatic carbocycles. The van der Waals surface area contributed by atoms with Gasteiger partial charge in [0.15, 0.2) is 0 Å². The zero-order chi connectivity index (χ0) is 13.9. The van der Waals surface area contributed by atoms with E-state index in [0.717, 1.165) is 0 Å². The zero-order valence-electron chi connectivity index (χ0n) is 12.2. The minimum atomic E-state index is 0.0471. The quantitative estimate of drug-likeness (QED) is 0.851. The van der Waals surface area contributed by atoms with E-state index in [4.69, 9.17) is 5.73 Å². The van der Waals surface area contributed by atoms with Crippen molar-refractivity contribution < 1.29 is 0 Å². The fraction of sp³-hybridized carbons (Fsp3) is 0.444. The second kappa shape index (κ2) is 6.11. The number of rotatable bonds is 5. The van der Waals surface area contributed by atoms with Crippen LogP contribution in [0.2, 0.25) is 0 Å². The molecule has 2 N–H and O–H groups in total. The number of unbranched alkanes of at least 4 members (excludes halogenated alkanes) is 1. The van der Waals surface area contributed by atoms with Gasteiger partial charge in [-0.05, 0) is 54.9 Å². The van der Waals surface area contributed by atoms with Crippen molar-refractivity contribution in [3.63, 3.8) is 0 Å². The van der Waals surface area contributed by atoms with Crippen LogP contribution in [-0.4, -0.2) is 0 Å². The number of fused-ring (bicyclic) bond motifs is 1. The Labute approximate surface area is 125 Å². The minimum absolute atomic E-state index is 0.0471. The van der Waals surface area contributed by atoms with Crippen LogP contribution in [0.5, 0.6) is 0 Å². The van der Waals surface area contributed by atoms with Crippen molar-refractivity contribution in [2.45, 2.75) is 51.5 Å². The van der Waals surface area contributed by atoms with Crippen molar-refractivity contribution in [2.24, 2.45) is 5.73 Å². The van der Waals surface area contributed by atoms with Crippen LogP contribution in [0.4, 0.5) is 0 Å². The lowest BCUT2D eigenvalue weighted by atomic mass is 10.0. The summed E-state index contributed by atoms with van der Waals surface area (Å²) >= 11 is 1.92. The van der Waals surface area contributed by atoms with Crippen LogP contribution >= 0.6 is 11.3 Å². The highest BCUT2D eigenvalue weighted by atomic mass is 32.1. The van der Waals surface area contributed by atoms with Crippen molar-refractivity contribution in [3.8, 4) is 0 Å². The average molecular weight is 285 g/mol. The molecule has 1 nitrogen and oxygen atoms in total. The molecule has 0 aliphatic heterocycles. The highest BCUT2D eigenvalue weighted by Crippen LogP contribution is 2.35. The fourth-order valence-corrected chi connectivity index (χ4v) is 4.23. The normalized spacial score (nSPS) is 15.3. The molecule has 1 aromatic heterocycles. The number of hydrogen-bond acceptors (Lipinski definition) is 2. The molecule has 0 saturated carbocycles. The largest absolute Gasteiger partial charge is 0.320 e. The van der Waals surface area contributed by atoms with Gasteiger partial charge >= 0.3 is 0 Å². The SMILES string of the molecule is CCCCc1ccc(C(N)c2cc3c(s2)CCC3)cc1. The molecule has 0 spiro atoms. The van der Waals surface area contributed by atoms with E-state index in [1.54, 1.807) is 10.4 Å². The molecule has 0 amide bonds. The summed E-state index contributed by atoms with van der Waals surface area (Å²) in [5, 5.41) is 0. The number of hydrogen-bond donors (Lipinski definition) is 1. The van der Waals surface area contributed by atoms with Crippen molar-refractivity contribution in [1.29, 1.82) is 0 Å². The molecule has 1 heterocycles. The molecule has 106 valence electrons. The predicted molar refractivity (Wildman–Crippen MR) is 87.4 cm³/mol. The maximum Gasteiger partial charge on any atom is 0.0646 e. The molecule has 2 heteroatoms. The van der Waals surface area contributed by atoms with Gasteiger partial charge in [-0.15, -0.1) is 11.3 Å². The molecule has 20 heavy (non-hydrogen) atoms. The lowest BCUT2D eigenvalue weighted by Crippen LogP contribution is -2.10. The van der Waals surface area contributed by atoms with Gasteiger partial charge in [0.25, 0.3) is 0 Å². The standard InChI is InChI=1S/C18H23NS/c1-2-3-5-13-8-10-14(11-9-13)18(19)17-12-15-6-4-7-16(15)20-17/h8-12,18H,2-7,19H2,1H3. The Bertz CT molecular complexity index is 546. The number of nitrogens with two attached hydrogens (primary N) is 1. The van der Waals surface area contributed by atoms with Crippen LogP contribution in [0.3, 0.4) is 0 Å². The Balaban J connectivity index is 1.74. The number of benzene rings is 1. The Morgan fingerprint density at radius 2 is 2.00 bits per heavy atom. The molecule has 3 rings (SSSR count). The summed E-state index contributed by atoms with van der Waals surface area (Å²) in [4.78, 5) is 2.89. The molecule has 0 bridgehead atoms. The second-order valence-corrected chi connectivity index (χ2v) is 6.94. The van der Waals surface area contributed by atoms with Gasteiger partial charge in [-0.3, -0.25) is 0 Å². The lowest BCUT2D eigenvalue weighted by Gasteiger charge is -2.11. The first-order valence-corrected chi connectivity index (χ1v) is 8.55. The average Bonchev–Trinajstić information content (AvgIpc) is 3.06. The third-order valence-electron chi connectivity index (χ3n) is 4.23. The topological polar surface area (TPSA) is 26.0 Å². The van der Waals surface area contributed by atoms with Crippen molar-refractivity contribution >= 4 is 11.3 Å². The monoisotopic (exact) mass is 285 g/mol. The Morgan fingerprint density at radius 3 is 2.70 bits per heavy atom. The van der Waals surface area contributed by atoms with E-state index in [0.29, 0.717) is 0 Å². The maximum absolute atomic E-state index is 6.44. The van der Waals surface area contributed by atoms with Crippen LogP contribution in [0.15, 0.2) is 30.3 Å². The highest BCUT2D eigenvalue weighted by molar-refractivity contribution is 7.12. The van der Waals surface area contributed by atoms with Gasteiger partial charge in [-0.25, -0.2) is 0 Å². The van der Waals surface area contributed by atoms with Crippen molar-refractivity contribution in [1.82, 2.24) is 0 Å². The molecule has 0 saturated heterocycles. The Hall–Kier alpha value is -1.12. The summed E-state index contributed by atoms with van der Waals surface area (Å²) < 4.78 is 0. The summed E-state index contributed by atoms with van der Waals surface area (Å²) in [6.45, 7) is 2.24. The molecular formula is C18H23NS. The van der Waals surface area contributed by atoms with E-state index in [1.165, 1.54) is 54.5 Å². The smallest absolute Gasteiger partial charge is 0.0646 e. The van der Waals surface area contributed by atoms with Crippen molar-refractivity contribution in [3.05, 3.63) is 56.8 Å². The first-order chi connectivity index (χ1) is 9.78. The molecule has 0 radical (unpaired) electrons. The van der Waals surface area contributed by atoms with Gasteiger partial charge in [0.2, 0.25) is 0 Å². The zero-order valence-corrected chi connectivity index (χ0v) is 13.0. The van der Waals surface area contributed by atoms with E-state index in [1.807, 2.05) is 11.3 Å². The van der Waals surface area contributed by atoms with Gasteiger partial charge in [0.05, 0.1) is 6.04 Å². The number of aryl methyl sites for hydroxylation is 3. The van der Waals surface area contributed by atoms with Gasteiger partial charge < -0.3 is 5.73 Å². The van der Waals surface area contributed by atoms with Crippen LogP contribution in [0, 0.1) is 0 Å². The van der Waals surface area contributed by atoms with E-state index < -0.39 is 0 Å². The van der Waals surface area contributed by atoms with Crippen LogP contribution in [-0.2, 0) is 19.3 Å². The summed E-state index contributed by atoms with van der Waals surface area (Å²) in [6, 6.07) is 11.3. The lowest BCUT2D eigenvalue weighted by molar-refractivity contribution is 0.793. The minimum Gasteiger partial charge on any atom is -0.320 e. The van der Waals surface area contributed by atoms with E-state index in [-0.39, 0.29) is 6.04 Å². The summed E-state index contributed by atoms with van der Waals surface area (Å²) in [5.74, 6) is 0. The van der Waals surface area contributed by atoms with E-state index >= 15 is 0 Å². The highest BCUT2D eigenvalue weighted by Gasteiger charge is 2.18. The van der Waals surface area contributed by atoms with Gasteiger partial charge in [-0.1, -0.05) is 37.6 Å². The first-order valence-electron chi connectivity index (χ1n) is 7.74. The molecule has 1 aliphatic rings. The summed E-state index contributed by atoms with van der Waals surface area (Å²) in [6.07, 6.45) is 7.52. The van der Waals surface area contributed by atoms with E-state index in [2.05, 4.69) is 37.3 Å². The van der Waals surface area contributed by atoms with Crippen LogP contribution in [0.1, 0.15) is 58.7 Å². The number of thiophene rings is 1. The maximum atomic E-state index is 6.44. The third-order valence-corrected chi connectivity index (χ3v) is 5.55. The predicted octanol–water partition coefficient (Wildman–Crippen LogP) is 4.63. The van der Waals surface area contributed by atoms with Gasteiger partial charge in [-0.2, -0.15) is 0 Å². The molecule has 1 aliphatic carbocycles. The van der Waals surface area contributed by atoms with Crippen LogP contribution in [0.25, 0.3) is 0 Å². The van der Waals surface area contributed by atoms with Gasteiger partial charge in [0.1, 0.15) is 0 Å². The van der Waals surface area contributed by atoms with Gasteiger partial charge in [0, 0.05) is 9.75 Å². The first kappa shape index (κ1) is 13.8. The molecule has 2 aromatic rings. The second-order valence-electron chi connectivity index (χ2n) is 5.77. The molecular weight excluding hydrogens is 262 g/mol. The molecule has 1 atom stereocenters. The van der Waals surface area contributed by atoms with Crippen molar-refractivity contribution in [2.75, 3.05) is 0 Å². The Morgan fingerprint density at radius 1 is 1.20 bits per heavy atom. The molecule has 1 unspecified atom stereocenters. The van der Waals surface area contributed by atoms with E-state index in [9.17, 15) is 0 Å². The fourth-order valence-electron chi connectivity index (χ4n) is 2.94. The Kier molecular flexibility index (Phi) is 4.23. The molecule has 0 fully saturated rings. The summed E-state index contributed by atoms with van der Waals surface area (Å²) in [7, 11) is 0. The third kappa shape index (κ3) is 2.82. The summed E-state index contributed by atoms with van der Waals surface area (Å²) in [5.41, 5.74) is 10.6. The van der Waals surface area contributed by atoms with Crippen LogP contribution < -0.4 is 5.73 Å².